The molecule has 1 saturated carbocycles. The smallest absolute Gasteiger partial charge is 0.0108 e. The van der Waals surface area contributed by atoms with Crippen LogP contribution in [0, 0.1) is 5.92 Å². The standard InChI is InChI=1S/C17H27N/c1-13(2)11-14-7-6-8-15(12-14)16-9-4-3-5-10-17(16)18/h6-8,12-13,16-17H,3-5,9-11,18H2,1-2H3. The van der Waals surface area contributed by atoms with Gasteiger partial charge in [0.15, 0.2) is 0 Å². The van der Waals surface area contributed by atoms with Gasteiger partial charge in [-0.15, -0.1) is 0 Å². The highest BCUT2D eigenvalue weighted by Gasteiger charge is 2.22. The van der Waals surface area contributed by atoms with Crippen LogP contribution in [0.3, 0.4) is 0 Å². The Labute approximate surface area is 112 Å². The summed E-state index contributed by atoms with van der Waals surface area (Å²) in [4.78, 5) is 0. The molecule has 0 spiro atoms. The summed E-state index contributed by atoms with van der Waals surface area (Å²) in [7, 11) is 0. The number of rotatable bonds is 3. The maximum Gasteiger partial charge on any atom is 0.0108 e. The van der Waals surface area contributed by atoms with Gasteiger partial charge in [0.2, 0.25) is 0 Å². The lowest BCUT2D eigenvalue weighted by Crippen LogP contribution is -2.27. The van der Waals surface area contributed by atoms with E-state index in [2.05, 4.69) is 38.1 Å². The maximum absolute atomic E-state index is 6.36. The van der Waals surface area contributed by atoms with Crippen molar-refractivity contribution in [3.63, 3.8) is 0 Å². The van der Waals surface area contributed by atoms with Crippen LogP contribution in [0.2, 0.25) is 0 Å². The van der Waals surface area contributed by atoms with Gasteiger partial charge in [-0.2, -0.15) is 0 Å². The maximum atomic E-state index is 6.36. The normalized spacial score (nSPS) is 25.1. The fraction of sp³-hybridized carbons (Fsp3) is 0.647. The molecular weight excluding hydrogens is 218 g/mol. The van der Waals surface area contributed by atoms with E-state index in [0.717, 1.165) is 5.92 Å². The zero-order valence-corrected chi connectivity index (χ0v) is 11.9. The van der Waals surface area contributed by atoms with Crippen molar-refractivity contribution in [2.75, 3.05) is 0 Å². The molecule has 0 radical (unpaired) electrons. The number of hydrogen-bond donors (Lipinski definition) is 1. The summed E-state index contributed by atoms with van der Waals surface area (Å²) in [5, 5.41) is 0. The molecular formula is C17H27N. The molecule has 1 nitrogen and oxygen atoms in total. The Balaban J connectivity index is 2.15. The van der Waals surface area contributed by atoms with Gasteiger partial charge in [0, 0.05) is 6.04 Å². The monoisotopic (exact) mass is 245 g/mol. The average molecular weight is 245 g/mol. The minimum absolute atomic E-state index is 0.363. The van der Waals surface area contributed by atoms with E-state index in [9.17, 15) is 0 Å². The zero-order chi connectivity index (χ0) is 13.0. The topological polar surface area (TPSA) is 26.0 Å². The summed E-state index contributed by atoms with van der Waals surface area (Å²) in [6.45, 7) is 4.56. The predicted octanol–water partition coefficient (Wildman–Crippen LogP) is 4.26. The lowest BCUT2D eigenvalue weighted by atomic mass is 9.86. The van der Waals surface area contributed by atoms with E-state index in [0.29, 0.717) is 12.0 Å². The van der Waals surface area contributed by atoms with Crippen molar-refractivity contribution in [3.8, 4) is 0 Å². The SMILES string of the molecule is CC(C)Cc1cccc(C2CCCCCC2N)c1. The van der Waals surface area contributed by atoms with Gasteiger partial charge in [-0.1, -0.05) is 57.4 Å². The molecule has 0 aromatic heterocycles. The van der Waals surface area contributed by atoms with Gasteiger partial charge in [0.1, 0.15) is 0 Å². The molecule has 2 atom stereocenters. The second kappa shape index (κ2) is 6.38. The minimum atomic E-state index is 0.363. The third-order valence-corrected chi connectivity index (χ3v) is 4.09. The minimum Gasteiger partial charge on any atom is -0.327 e. The Morgan fingerprint density at radius 1 is 1.17 bits per heavy atom. The summed E-state index contributed by atoms with van der Waals surface area (Å²) in [6, 6.07) is 9.51. The molecule has 1 aliphatic carbocycles. The number of nitrogens with two attached hydrogens (primary N) is 1. The van der Waals surface area contributed by atoms with Crippen molar-refractivity contribution >= 4 is 0 Å². The van der Waals surface area contributed by atoms with Crippen LogP contribution in [-0.2, 0) is 6.42 Å². The number of hydrogen-bond acceptors (Lipinski definition) is 1. The Hall–Kier alpha value is -0.820. The molecule has 0 saturated heterocycles. The third-order valence-electron chi connectivity index (χ3n) is 4.09. The van der Waals surface area contributed by atoms with E-state index in [1.54, 1.807) is 0 Å². The van der Waals surface area contributed by atoms with Gasteiger partial charge in [0.05, 0.1) is 0 Å². The third kappa shape index (κ3) is 3.58. The first-order chi connectivity index (χ1) is 8.66. The molecule has 100 valence electrons. The molecule has 1 aliphatic rings. The summed E-state index contributed by atoms with van der Waals surface area (Å²) in [5.41, 5.74) is 9.31. The molecule has 0 bridgehead atoms. The van der Waals surface area contributed by atoms with Crippen molar-refractivity contribution in [1.29, 1.82) is 0 Å². The van der Waals surface area contributed by atoms with Crippen LogP contribution in [0.4, 0.5) is 0 Å². The second-order valence-corrected chi connectivity index (χ2v) is 6.25. The van der Waals surface area contributed by atoms with Crippen LogP contribution in [0.15, 0.2) is 24.3 Å². The molecule has 1 aromatic carbocycles. The quantitative estimate of drug-likeness (QED) is 0.791. The molecule has 18 heavy (non-hydrogen) atoms. The molecule has 1 fully saturated rings. The number of benzene rings is 1. The van der Waals surface area contributed by atoms with Crippen LogP contribution in [0.1, 0.15) is 63.0 Å². The second-order valence-electron chi connectivity index (χ2n) is 6.25. The van der Waals surface area contributed by atoms with E-state index in [4.69, 9.17) is 5.73 Å². The zero-order valence-electron chi connectivity index (χ0n) is 11.9. The van der Waals surface area contributed by atoms with E-state index in [1.807, 2.05) is 0 Å². The van der Waals surface area contributed by atoms with Crippen molar-refractivity contribution in [2.24, 2.45) is 11.7 Å². The van der Waals surface area contributed by atoms with Crippen molar-refractivity contribution in [2.45, 2.75) is 64.3 Å². The van der Waals surface area contributed by atoms with Gasteiger partial charge < -0.3 is 5.73 Å². The van der Waals surface area contributed by atoms with Crippen molar-refractivity contribution in [3.05, 3.63) is 35.4 Å². The molecule has 2 rings (SSSR count). The summed E-state index contributed by atoms with van der Waals surface area (Å²) >= 11 is 0. The molecule has 1 aromatic rings. The fourth-order valence-electron chi connectivity index (χ4n) is 3.17. The molecule has 0 heterocycles. The predicted molar refractivity (Wildman–Crippen MR) is 78.8 cm³/mol. The molecule has 1 heteroatoms. The highest BCUT2D eigenvalue weighted by Crippen LogP contribution is 2.31. The lowest BCUT2D eigenvalue weighted by Gasteiger charge is -2.22. The van der Waals surface area contributed by atoms with Crippen molar-refractivity contribution < 1.29 is 0 Å². The Kier molecular flexibility index (Phi) is 4.82. The van der Waals surface area contributed by atoms with Gasteiger partial charge in [-0.3, -0.25) is 0 Å². The van der Waals surface area contributed by atoms with E-state index < -0.39 is 0 Å². The highest BCUT2D eigenvalue weighted by atomic mass is 14.7. The molecule has 0 aliphatic heterocycles. The summed E-state index contributed by atoms with van der Waals surface area (Å²) in [5.74, 6) is 1.31. The Bertz CT molecular complexity index is 370. The first-order valence-electron chi connectivity index (χ1n) is 7.51. The van der Waals surface area contributed by atoms with Gasteiger partial charge >= 0.3 is 0 Å². The fourth-order valence-corrected chi connectivity index (χ4v) is 3.17. The first-order valence-corrected chi connectivity index (χ1v) is 7.51. The Morgan fingerprint density at radius 3 is 2.72 bits per heavy atom. The van der Waals surface area contributed by atoms with Crippen LogP contribution in [0.5, 0.6) is 0 Å². The van der Waals surface area contributed by atoms with Crippen LogP contribution >= 0.6 is 0 Å². The van der Waals surface area contributed by atoms with Crippen LogP contribution in [-0.4, -0.2) is 6.04 Å². The van der Waals surface area contributed by atoms with E-state index in [-0.39, 0.29) is 0 Å². The molecule has 2 unspecified atom stereocenters. The largest absolute Gasteiger partial charge is 0.327 e. The van der Waals surface area contributed by atoms with Gasteiger partial charge in [-0.05, 0) is 42.2 Å². The van der Waals surface area contributed by atoms with E-state index in [1.165, 1.54) is 49.7 Å². The highest BCUT2D eigenvalue weighted by molar-refractivity contribution is 5.28. The summed E-state index contributed by atoms with van der Waals surface area (Å²) < 4.78 is 0. The van der Waals surface area contributed by atoms with Crippen LogP contribution < -0.4 is 5.73 Å². The molecule has 0 amide bonds. The first kappa shape index (κ1) is 13.6. The lowest BCUT2D eigenvalue weighted by molar-refractivity contribution is 0.504. The van der Waals surface area contributed by atoms with Crippen LogP contribution in [0.25, 0.3) is 0 Å². The average Bonchev–Trinajstić information content (AvgIpc) is 2.53. The van der Waals surface area contributed by atoms with Gasteiger partial charge in [-0.25, -0.2) is 0 Å². The van der Waals surface area contributed by atoms with Gasteiger partial charge in [0.25, 0.3) is 0 Å². The van der Waals surface area contributed by atoms with Crippen molar-refractivity contribution in [1.82, 2.24) is 0 Å². The van der Waals surface area contributed by atoms with E-state index >= 15 is 0 Å². The molecule has 2 N–H and O–H groups in total. The summed E-state index contributed by atoms with van der Waals surface area (Å²) in [6.07, 6.45) is 7.65. The Morgan fingerprint density at radius 2 is 1.94 bits per heavy atom.